The molecule has 3 rings (SSSR count). The number of anilines is 1. The molecule has 2 aromatic carbocycles. The number of aliphatic carboxylic acids is 1. The van der Waals surface area contributed by atoms with E-state index in [-0.39, 0.29) is 31.2 Å². The lowest BCUT2D eigenvalue weighted by Gasteiger charge is -2.07. The topological polar surface area (TPSA) is 122 Å². The van der Waals surface area contributed by atoms with Gasteiger partial charge in [0, 0.05) is 23.2 Å². The lowest BCUT2D eigenvalue weighted by Crippen LogP contribution is -2.26. The van der Waals surface area contributed by atoms with Crippen molar-refractivity contribution in [3.63, 3.8) is 0 Å². The van der Waals surface area contributed by atoms with Crippen LogP contribution < -0.4 is 10.6 Å². The third kappa shape index (κ3) is 4.98. The summed E-state index contributed by atoms with van der Waals surface area (Å²) in [4.78, 5) is 34.8. The molecular weight excluding hydrogens is 374 g/mol. The maximum Gasteiger partial charge on any atom is 0.305 e. The van der Waals surface area contributed by atoms with Gasteiger partial charge in [0.1, 0.15) is 5.69 Å². The van der Waals surface area contributed by atoms with Crippen molar-refractivity contribution in [2.24, 2.45) is 0 Å². The number of carbonyl (C=O) groups is 3. The predicted molar refractivity (Wildman–Crippen MR) is 107 cm³/mol. The number of aryl methyl sites for hydroxylation is 2. The smallest absolute Gasteiger partial charge is 0.305 e. The average molecular weight is 395 g/mol. The predicted octanol–water partition coefficient (Wildman–Crippen LogP) is 2.83. The van der Waals surface area contributed by atoms with Gasteiger partial charge in [0.15, 0.2) is 5.58 Å². The van der Waals surface area contributed by atoms with Gasteiger partial charge in [-0.1, -0.05) is 5.16 Å². The first kappa shape index (κ1) is 20.1. The lowest BCUT2D eigenvalue weighted by atomic mass is 10.1. The van der Waals surface area contributed by atoms with Crippen LogP contribution in [0.5, 0.6) is 0 Å². The van der Waals surface area contributed by atoms with Gasteiger partial charge in [-0.25, -0.2) is 0 Å². The molecule has 0 aliphatic heterocycles. The van der Waals surface area contributed by atoms with E-state index in [0.29, 0.717) is 22.5 Å². The van der Waals surface area contributed by atoms with Crippen LogP contribution in [0.2, 0.25) is 0 Å². The van der Waals surface area contributed by atoms with Gasteiger partial charge in [-0.3, -0.25) is 14.4 Å². The monoisotopic (exact) mass is 395 g/mol. The molecule has 0 bridgehead atoms. The van der Waals surface area contributed by atoms with Crippen molar-refractivity contribution < 1.29 is 24.0 Å². The van der Waals surface area contributed by atoms with Crippen LogP contribution in [0.25, 0.3) is 11.0 Å². The molecule has 1 heterocycles. The summed E-state index contributed by atoms with van der Waals surface area (Å²) < 4.78 is 5.31. The Morgan fingerprint density at radius 3 is 2.45 bits per heavy atom. The van der Waals surface area contributed by atoms with Gasteiger partial charge in [-0.2, -0.15) is 0 Å². The van der Waals surface area contributed by atoms with Crippen molar-refractivity contribution in [3.8, 4) is 0 Å². The molecular formula is C21H21N3O5. The van der Waals surface area contributed by atoms with Gasteiger partial charge in [0.2, 0.25) is 5.91 Å². The zero-order valence-electron chi connectivity index (χ0n) is 16.1. The van der Waals surface area contributed by atoms with E-state index in [1.54, 1.807) is 24.3 Å². The summed E-state index contributed by atoms with van der Waals surface area (Å²) in [5.41, 5.74) is 4.32. The number of benzene rings is 2. The van der Waals surface area contributed by atoms with E-state index in [1.165, 1.54) is 0 Å². The fourth-order valence-corrected chi connectivity index (χ4v) is 2.82. The highest BCUT2D eigenvalue weighted by Gasteiger charge is 2.14. The molecule has 150 valence electrons. The fourth-order valence-electron chi connectivity index (χ4n) is 2.82. The van der Waals surface area contributed by atoms with E-state index in [0.717, 1.165) is 16.5 Å². The van der Waals surface area contributed by atoms with Gasteiger partial charge in [-0.05, 0) is 61.4 Å². The summed E-state index contributed by atoms with van der Waals surface area (Å²) in [6, 6.07) is 10.2. The highest BCUT2D eigenvalue weighted by Crippen LogP contribution is 2.23. The Labute approximate surface area is 166 Å². The van der Waals surface area contributed by atoms with Crippen LogP contribution in [0.3, 0.4) is 0 Å². The Hall–Kier alpha value is -3.68. The molecule has 0 spiro atoms. The molecule has 8 heteroatoms. The maximum absolute atomic E-state index is 12.4. The van der Waals surface area contributed by atoms with Gasteiger partial charge in [0.25, 0.3) is 5.91 Å². The van der Waals surface area contributed by atoms with E-state index in [1.807, 2.05) is 26.0 Å². The number of fused-ring (bicyclic) bond motifs is 1. The number of hydrogen-bond acceptors (Lipinski definition) is 5. The first-order valence-corrected chi connectivity index (χ1v) is 9.09. The Balaban J connectivity index is 1.60. The molecule has 0 saturated heterocycles. The average Bonchev–Trinajstić information content (AvgIpc) is 3.03. The third-order valence-electron chi connectivity index (χ3n) is 4.54. The van der Waals surface area contributed by atoms with E-state index >= 15 is 0 Å². The minimum atomic E-state index is -0.978. The number of nitrogens with one attached hydrogen (secondary N) is 2. The number of rotatable bonds is 7. The van der Waals surface area contributed by atoms with Crippen LogP contribution in [0.1, 0.15) is 33.6 Å². The van der Waals surface area contributed by atoms with Crippen molar-refractivity contribution in [1.82, 2.24) is 10.5 Å². The molecule has 8 nitrogen and oxygen atoms in total. The summed E-state index contributed by atoms with van der Waals surface area (Å²) in [5.74, 6) is -1.60. The SMILES string of the molecule is Cc1cc2onc(CC(=O)Nc3ccc(C(=O)NCCC(=O)O)cc3)c2cc1C. The van der Waals surface area contributed by atoms with E-state index in [2.05, 4.69) is 15.8 Å². The largest absolute Gasteiger partial charge is 0.481 e. The second-order valence-corrected chi connectivity index (χ2v) is 6.76. The summed E-state index contributed by atoms with van der Waals surface area (Å²) in [5, 5.41) is 18.7. The molecule has 0 radical (unpaired) electrons. The van der Waals surface area contributed by atoms with Gasteiger partial charge >= 0.3 is 5.97 Å². The Morgan fingerprint density at radius 2 is 1.76 bits per heavy atom. The molecule has 0 fully saturated rings. The molecule has 29 heavy (non-hydrogen) atoms. The fraction of sp³-hybridized carbons (Fsp3) is 0.238. The van der Waals surface area contributed by atoms with Crippen molar-refractivity contribution in [2.45, 2.75) is 26.7 Å². The van der Waals surface area contributed by atoms with E-state index < -0.39 is 5.97 Å². The summed E-state index contributed by atoms with van der Waals surface area (Å²) >= 11 is 0. The molecule has 0 unspecified atom stereocenters. The zero-order chi connectivity index (χ0) is 21.0. The normalized spacial score (nSPS) is 10.7. The maximum atomic E-state index is 12.4. The van der Waals surface area contributed by atoms with Crippen LogP contribution in [-0.2, 0) is 16.0 Å². The number of amides is 2. The second-order valence-electron chi connectivity index (χ2n) is 6.76. The van der Waals surface area contributed by atoms with Crippen LogP contribution in [0.15, 0.2) is 40.9 Å². The van der Waals surface area contributed by atoms with Gasteiger partial charge < -0.3 is 20.3 Å². The highest BCUT2D eigenvalue weighted by molar-refractivity contribution is 5.97. The van der Waals surface area contributed by atoms with Crippen molar-refractivity contribution in [1.29, 1.82) is 0 Å². The number of nitrogens with zero attached hydrogens (tertiary/aromatic N) is 1. The van der Waals surface area contributed by atoms with Crippen LogP contribution in [0.4, 0.5) is 5.69 Å². The molecule has 1 aromatic heterocycles. The summed E-state index contributed by atoms with van der Waals surface area (Å²) in [6.45, 7) is 4.03. The molecule has 0 atom stereocenters. The number of hydrogen-bond donors (Lipinski definition) is 3. The highest BCUT2D eigenvalue weighted by atomic mass is 16.5. The molecule has 0 aliphatic carbocycles. The quantitative estimate of drug-likeness (QED) is 0.566. The minimum Gasteiger partial charge on any atom is -0.481 e. The molecule has 2 amide bonds. The van der Waals surface area contributed by atoms with Crippen molar-refractivity contribution in [2.75, 3.05) is 11.9 Å². The van der Waals surface area contributed by atoms with E-state index in [9.17, 15) is 14.4 Å². The van der Waals surface area contributed by atoms with Crippen LogP contribution >= 0.6 is 0 Å². The Kier molecular flexibility index (Phi) is 5.92. The van der Waals surface area contributed by atoms with E-state index in [4.69, 9.17) is 9.63 Å². The first-order valence-electron chi connectivity index (χ1n) is 9.09. The van der Waals surface area contributed by atoms with Crippen molar-refractivity contribution in [3.05, 3.63) is 58.8 Å². The Bertz CT molecular complexity index is 1070. The summed E-state index contributed by atoms with van der Waals surface area (Å²) in [6.07, 6.45) is -0.0807. The van der Waals surface area contributed by atoms with Gasteiger partial charge in [0.05, 0.1) is 12.8 Å². The second kappa shape index (κ2) is 8.55. The summed E-state index contributed by atoms with van der Waals surface area (Å²) in [7, 11) is 0. The number of carboxylic acids is 1. The standard InChI is InChI=1S/C21H21N3O5/c1-12-9-16-17(24-29-18(16)10-13(12)2)11-19(25)23-15-5-3-14(4-6-15)21(28)22-8-7-20(26)27/h3-6,9-10H,7-8,11H2,1-2H3,(H,22,28)(H,23,25)(H,26,27). The first-order chi connectivity index (χ1) is 13.8. The molecule has 0 saturated carbocycles. The lowest BCUT2D eigenvalue weighted by molar-refractivity contribution is -0.136. The molecule has 3 N–H and O–H groups in total. The number of aromatic nitrogens is 1. The number of carbonyl (C=O) groups excluding carboxylic acids is 2. The van der Waals surface area contributed by atoms with Crippen LogP contribution in [0, 0.1) is 13.8 Å². The van der Waals surface area contributed by atoms with Crippen molar-refractivity contribution >= 4 is 34.4 Å². The Morgan fingerprint density at radius 1 is 1.07 bits per heavy atom. The zero-order valence-corrected chi connectivity index (χ0v) is 16.1. The minimum absolute atomic E-state index is 0.0529. The number of carboxylic acid groups (broad SMARTS) is 1. The third-order valence-corrected chi connectivity index (χ3v) is 4.54. The molecule has 0 aliphatic rings. The van der Waals surface area contributed by atoms with Crippen LogP contribution in [-0.4, -0.2) is 34.6 Å². The molecule has 3 aromatic rings. The van der Waals surface area contributed by atoms with Gasteiger partial charge in [-0.15, -0.1) is 0 Å².